The van der Waals surface area contributed by atoms with Gasteiger partial charge in [-0.05, 0) is 39.2 Å². The summed E-state index contributed by atoms with van der Waals surface area (Å²) in [4.78, 5) is 11.0. The van der Waals surface area contributed by atoms with Crippen LogP contribution < -0.4 is 5.32 Å². The average Bonchev–Trinajstić information content (AvgIpc) is 2.29. The molecule has 96 valence electrons. The van der Waals surface area contributed by atoms with Crippen molar-refractivity contribution < 1.29 is 9.53 Å². The predicted octanol–water partition coefficient (Wildman–Crippen LogP) is 2.89. The molecule has 0 bridgehead atoms. The van der Waals surface area contributed by atoms with Crippen molar-refractivity contribution in [3.63, 3.8) is 0 Å². The summed E-state index contributed by atoms with van der Waals surface area (Å²) in [6.07, 6.45) is 6.16. The van der Waals surface area contributed by atoms with Gasteiger partial charge < -0.3 is 10.1 Å². The number of esters is 1. The van der Waals surface area contributed by atoms with Crippen LogP contribution in [-0.2, 0) is 9.53 Å². The minimum atomic E-state index is -0.0598. The van der Waals surface area contributed by atoms with E-state index < -0.39 is 0 Å². The van der Waals surface area contributed by atoms with Crippen LogP contribution in [0.2, 0.25) is 0 Å². The number of nitrogens with one attached hydrogen (secondary N) is 1. The number of carbonyl (C=O) groups excluding carboxylic acids is 1. The highest BCUT2D eigenvalue weighted by molar-refractivity contribution is 5.69. The Morgan fingerprint density at radius 1 is 1.12 bits per heavy atom. The summed E-state index contributed by atoms with van der Waals surface area (Å²) in [5, 5.41) is 3.52. The van der Waals surface area contributed by atoms with Crippen molar-refractivity contribution in [3.8, 4) is 0 Å². The van der Waals surface area contributed by atoms with E-state index in [0.29, 0.717) is 19.1 Å². The number of hydrogen-bond acceptors (Lipinski definition) is 3. The summed E-state index contributed by atoms with van der Waals surface area (Å²) >= 11 is 0. The molecule has 0 saturated carbocycles. The van der Waals surface area contributed by atoms with Gasteiger partial charge in [-0.1, -0.05) is 20.3 Å². The zero-order chi connectivity index (χ0) is 12.2. The normalized spacial score (nSPS) is 10.8. The van der Waals surface area contributed by atoms with Gasteiger partial charge in [0.2, 0.25) is 0 Å². The summed E-state index contributed by atoms with van der Waals surface area (Å²) in [6.45, 7) is 7.82. The standard InChI is InChI=1S/C13H27NO2/c1-4-12(5-2)14-11-9-7-8-10-13(15)16-6-3/h12,14H,4-11H2,1-3H3. The van der Waals surface area contributed by atoms with Crippen LogP contribution in [-0.4, -0.2) is 25.2 Å². The molecule has 0 radical (unpaired) electrons. The van der Waals surface area contributed by atoms with Gasteiger partial charge in [-0.15, -0.1) is 0 Å². The zero-order valence-corrected chi connectivity index (χ0v) is 11.1. The van der Waals surface area contributed by atoms with Crippen molar-refractivity contribution in [1.29, 1.82) is 0 Å². The number of carbonyl (C=O) groups is 1. The second-order valence-electron chi connectivity index (χ2n) is 4.08. The van der Waals surface area contributed by atoms with Crippen molar-refractivity contribution in [2.24, 2.45) is 0 Å². The molecule has 16 heavy (non-hydrogen) atoms. The van der Waals surface area contributed by atoms with Gasteiger partial charge in [0, 0.05) is 12.5 Å². The summed E-state index contributed by atoms with van der Waals surface area (Å²) < 4.78 is 4.87. The molecule has 0 aliphatic carbocycles. The fourth-order valence-corrected chi connectivity index (χ4v) is 1.69. The van der Waals surface area contributed by atoms with Crippen molar-refractivity contribution in [2.45, 2.75) is 65.3 Å². The zero-order valence-electron chi connectivity index (χ0n) is 11.1. The third-order valence-electron chi connectivity index (χ3n) is 2.78. The van der Waals surface area contributed by atoms with Crippen LogP contribution in [0.1, 0.15) is 59.3 Å². The van der Waals surface area contributed by atoms with Gasteiger partial charge in [0.25, 0.3) is 0 Å². The van der Waals surface area contributed by atoms with E-state index in [-0.39, 0.29) is 5.97 Å². The highest BCUT2D eigenvalue weighted by atomic mass is 16.5. The van der Waals surface area contributed by atoms with E-state index in [2.05, 4.69) is 19.2 Å². The Morgan fingerprint density at radius 2 is 1.81 bits per heavy atom. The Kier molecular flexibility index (Phi) is 10.5. The third-order valence-corrected chi connectivity index (χ3v) is 2.78. The predicted molar refractivity (Wildman–Crippen MR) is 67.5 cm³/mol. The highest BCUT2D eigenvalue weighted by Gasteiger charge is 2.02. The van der Waals surface area contributed by atoms with Crippen molar-refractivity contribution >= 4 is 5.97 Å². The Bertz CT molecular complexity index is 167. The van der Waals surface area contributed by atoms with E-state index in [1.54, 1.807) is 0 Å². The molecule has 0 fully saturated rings. The van der Waals surface area contributed by atoms with Crippen LogP contribution in [0.3, 0.4) is 0 Å². The molecule has 1 N–H and O–H groups in total. The van der Waals surface area contributed by atoms with Gasteiger partial charge >= 0.3 is 5.97 Å². The molecular weight excluding hydrogens is 202 g/mol. The SMILES string of the molecule is CCOC(=O)CCCCCNC(CC)CC. The molecule has 0 aliphatic rings. The van der Waals surface area contributed by atoms with Crippen LogP contribution >= 0.6 is 0 Å². The maximum Gasteiger partial charge on any atom is 0.305 e. The molecule has 0 amide bonds. The van der Waals surface area contributed by atoms with E-state index in [1.807, 2.05) is 6.92 Å². The molecule has 0 rings (SSSR count). The second kappa shape index (κ2) is 10.9. The molecule has 0 aliphatic heterocycles. The van der Waals surface area contributed by atoms with Crippen molar-refractivity contribution in [1.82, 2.24) is 5.32 Å². The summed E-state index contributed by atoms with van der Waals surface area (Å²) in [5.41, 5.74) is 0. The lowest BCUT2D eigenvalue weighted by molar-refractivity contribution is -0.143. The lowest BCUT2D eigenvalue weighted by Gasteiger charge is -2.14. The maximum absolute atomic E-state index is 11.0. The summed E-state index contributed by atoms with van der Waals surface area (Å²) in [7, 11) is 0. The first-order chi connectivity index (χ1) is 7.74. The van der Waals surface area contributed by atoms with Gasteiger partial charge in [0.1, 0.15) is 0 Å². The largest absolute Gasteiger partial charge is 0.466 e. The monoisotopic (exact) mass is 229 g/mol. The van der Waals surface area contributed by atoms with E-state index >= 15 is 0 Å². The molecule has 0 aromatic rings. The number of unbranched alkanes of at least 4 members (excludes halogenated alkanes) is 2. The Balaban J connectivity index is 3.24. The first-order valence-corrected chi connectivity index (χ1v) is 6.63. The van der Waals surface area contributed by atoms with E-state index in [0.717, 1.165) is 25.8 Å². The topological polar surface area (TPSA) is 38.3 Å². The van der Waals surface area contributed by atoms with Gasteiger partial charge in [-0.3, -0.25) is 4.79 Å². The Hall–Kier alpha value is -0.570. The van der Waals surface area contributed by atoms with Gasteiger partial charge in [-0.25, -0.2) is 0 Å². The lowest BCUT2D eigenvalue weighted by Crippen LogP contribution is -2.28. The molecule has 0 aromatic carbocycles. The molecule has 0 heterocycles. The minimum absolute atomic E-state index is 0.0598. The highest BCUT2D eigenvalue weighted by Crippen LogP contribution is 2.02. The van der Waals surface area contributed by atoms with Gasteiger partial charge in [0.05, 0.1) is 6.61 Å². The molecule has 0 unspecified atom stereocenters. The summed E-state index contributed by atoms with van der Waals surface area (Å²) in [5.74, 6) is -0.0598. The van der Waals surface area contributed by atoms with Crippen molar-refractivity contribution in [2.75, 3.05) is 13.2 Å². The minimum Gasteiger partial charge on any atom is -0.466 e. The maximum atomic E-state index is 11.0. The van der Waals surface area contributed by atoms with E-state index in [1.165, 1.54) is 12.8 Å². The van der Waals surface area contributed by atoms with E-state index in [4.69, 9.17) is 4.74 Å². The molecule has 0 spiro atoms. The quantitative estimate of drug-likeness (QED) is 0.462. The fraction of sp³-hybridized carbons (Fsp3) is 0.923. The first kappa shape index (κ1) is 15.4. The molecule has 0 aromatic heterocycles. The van der Waals surface area contributed by atoms with Crippen LogP contribution in [0.5, 0.6) is 0 Å². The van der Waals surface area contributed by atoms with Crippen LogP contribution in [0.25, 0.3) is 0 Å². The molecule has 3 nitrogen and oxygen atoms in total. The van der Waals surface area contributed by atoms with E-state index in [9.17, 15) is 4.79 Å². The van der Waals surface area contributed by atoms with Crippen LogP contribution in [0, 0.1) is 0 Å². The van der Waals surface area contributed by atoms with Crippen LogP contribution in [0.15, 0.2) is 0 Å². The van der Waals surface area contributed by atoms with Crippen LogP contribution in [0.4, 0.5) is 0 Å². The molecule has 0 saturated heterocycles. The molecular formula is C13H27NO2. The molecule has 3 heteroatoms. The Labute approximate surface area is 99.9 Å². The first-order valence-electron chi connectivity index (χ1n) is 6.63. The average molecular weight is 229 g/mol. The molecule has 0 atom stereocenters. The van der Waals surface area contributed by atoms with Gasteiger partial charge in [0.15, 0.2) is 0 Å². The summed E-state index contributed by atoms with van der Waals surface area (Å²) in [6, 6.07) is 0.657. The van der Waals surface area contributed by atoms with Crippen molar-refractivity contribution in [3.05, 3.63) is 0 Å². The smallest absolute Gasteiger partial charge is 0.305 e. The van der Waals surface area contributed by atoms with Gasteiger partial charge in [-0.2, -0.15) is 0 Å². The Morgan fingerprint density at radius 3 is 2.38 bits per heavy atom. The number of hydrogen-bond donors (Lipinski definition) is 1. The fourth-order valence-electron chi connectivity index (χ4n) is 1.69. The lowest BCUT2D eigenvalue weighted by atomic mass is 10.1. The number of rotatable bonds is 10. The number of ether oxygens (including phenoxy) is 1. The second-order valence-corrected chi connectivity index (χ2v) is 4.08. The third kappa shape index (κ3) is 8.72.